The molecule has 14 heteroatoms. The lowest BCUT2D eigenvalue weighted by molar-refractivity contribution is 0.137. The molecule has 32 heavy (non-hydrogen) atoms. The van der Waals surface area contributed by atoms with Gasteiger partial charge in [-0.25, -0.2) is 34.4 Å². The van der Waals surface area contributed by atoms with Gasteiger partial charge in [-0.2, -0.15) is 4.72 Å². The first-order valence-electron chi connectivity index (χ1n) is 8.47. The molecule has 0 aliphatic heterocycles. The molecule has 0 fully saturated rings. The van der Waals surface area contributed by atoms with E-state index in [1.54, 1.807) is 0 Å². The maximum Gasteiger partial charge on any atom is 0.262 e. The predicted molar refractivity (Wildman–Crippen MR) is 109 cm³/mol. The van der Waals surface area contributed by atoms with E-state index in [4.69, 9.17) is 23.2 Å². The number of alkyl halides is 1. The molecule has 0 bridgehead atoms. The van der Waals surface area contributed by atoms with Crippen LogP contribution in [-0.2, 0) is 20.0 Å². The van der Waals surface area contributed by atoms with Gasteiger partial charge in [-0.1, -0.05) is 23.2 Å². The number of halogens is 6. The Morgan fingerprint density at radius 1 is 0.781 bits per heavy atom. The minimum Gasteiger partial charge on any atom is -0.274 e. The Kier molecular flexibility index (Phi) is 6.64. The second-order valence-corrected chi connectivity index (χ2v) is 10.7. The zero-order valence-electron chi connectivity index (χ0n) is 15.5. The smallest absolute Gasteiger partial charge is 0.262 e. The third kappa shape index (κ3) is 4.94. The molecule has 6 nitrogen and oxygen atoms in total. The standard InChI is InChI=1S/C18H12Cl2F4N2O4S2/c19-10-1-5-12(6-2-10)31(27,28)25-16-14(21)9-18(24,17(23)15(16)22)26-32(29,30)13-7-3-11(20)4-8-13/h1-8,25-26H,9H2. The maximum absolute atomic E-state index is 15.0. The highest BCUT2D eigenvalue weighted by Crippen LogP contribution is 2.41. The van der Waals surface area contributed by atoms with Gasteiger partial charge in [0.1, 0.15) is 11.5 Å². The summed E-state index contributed by atoms with van der Waals surface area (Å²) in [7, 11) is -9.39. The van der Waals surface area contributed by atoms with Crippen molar-refractivity contribution in [3.8, 4) is 0 Å². The quantitative estimate of drug-likeness (QED) is 0.420. The maximum atomic E-state index is 15.0. The van der Waals surface area contributed by atoms with E-state index < -0.39 is 65.2 Å². The van der Waals surface area contributed by atoms with Crippen molar-refractivity contribution in [3.63, 3.8) is 0 Å². The van der Waals surface area contributed by atoms with Gasteiger partial charge >= 0.3 is 0 Å². The van der Waals surface area contributed by atoms with Gasteiger partial charge in [-0.3, -0.25) is 4.72 Å². The summed E-state index contributed by atoms with van der Waals surface area (Å²) in [6, 6.07) is 8.64. The molecule has 2 N–H and O–H groups in total. The molecule has 1 aliphatic rings. The molecular formula is C18H12Cl2F4N2O4S2. The van der Waals surface area contributed by atoms with Crippen molar-refractivity contribution in [2.75, 3.05) is 0 Å². The van der Waals surface area contributed by atoms with Crippen LogP contribution in [0.15, 0.2) is 81.5 Å². The molecule has 1 aliphatic carbocycles. The topological polar surface area (TPSA) is 92.3 Å². The minimum absolute atomic E-state index is 0.153. The Morgan fingerprint density at radius 3 is 1.69 bits per heavy atom. The van der Waals surface area contributed by atoms with Gasteiger partial charge in [0, 0.05) is 10.0 Å². The van der Waals surface area contributed by atoms with E-state index in [0.29, 0.717) is 0 Å². The van der Waals surface area contributed by atoms with E-state index in [9.17, 15) is 30.0 Å². The number of sulfonamides is 2. The monoisotopic (exact) mass is 530 g/mol. The van der Waals surface area contributed by atoms with Crippen LogP contribution in [0, 0.1) is 0 Å². The molecule has 0 spiro atoms. The van der Waals surface area contributed by atoms with Crippen molar-refractivity contribution in [1.82, 2.24) is 9.44 Å². The Hall–Kier alpha value is -2.12. The molecule has 2 aromatic carbocycles. The van der Waals surface area contributed by atoms with E-state index in [-0.39, 0.29) is 10.0 Å². The fourth-order valence-corrected chi connectivity index (χ4v) is 5.19. The molecule has 1 unspecified atom stereocenters. The van der Waals surface area contributed by atoms with Crippen LogP contribution in [0.1, 0.15) is 6.42 Å². The minimum atomic E-state index is -4.78. The molecular weight excluding hydrogens is 519 g/mol. The molecule has 0 saturated carbocycles. The average Bonchev–Trinajstić information content (AvgIpc) is 2.70. The summed E-state index contributed by atoms with van der Waals surface area (Å²) >= 11 is 11.3. The van der Waals surface area contributed by atoms with Crippen molar-refractivity contribution >= 4 is 43.2 Å². The first-order valence-corrected chi connectivity index (χ1v) is 12.2. The largest absolute Gasteiger partial charge is 0.274 e. The van der Waals surface area contributed by atoms with E-state index in [1.807, 2.05) is 0 Å². The van der Waals surface area contributed by atoms with E-state index in [1.165, 1.54) is 21.6 Å². The van der Waals surface area contributed by atoms with Crippen LogP contribution in [0.25, 0.3) is 0 Å². The van der Waals surface area contributed by atoms with Gasteiger partial charge in [-0.05, 0) is 48.5 Å². The van der Waals surface area contributed by atoms with E-state index >= 15 is 4.39 Å². The van der Waals surface area contributed by atoms with Crippen molar-refractivity contribution in [2.45, 2.75) is 22.0 Å². The molecule has 0 radical (unpaired) electrons. The van der Waals surface area contributed by atoms with Crippen LogP contribution in [0.4, 0.5) is 17.6 Å². The van der Waals surface area contributed by atoms with E-state index in [0.717, 1.165) is 36.4 Å². The van der Waals surface area contributed by atoms with Crippen LogP contribution in [0.5, 0.6) is 0 Å². The van der Waals surface area contributed by atoms with Gasteiger partial charge in [0.2, 0.25) is 15.8 Å². The van der Waals surface area contributed by atoms with Crippen molar-refractivity contribution < 1.29 is 34.4 Å². The number of hydrogen-bond donors (Lipinski definition) is 2. The van der Waals surface area contributed by atoms with Crippen LogP contribution in [-0.4, -0.2) is 22.6 Å². The molecule has 0 saturated heterocycles. The first kappa shape index (κ1) is 24.5. The Bertz CT molecular complexity index is 1330. The summed E-state index contributed by atoms with van der Waals surface area (Å²) in [6.07, 6.45) is -1.66. The first-order chi connectivity index (χ1) is 14.7. The van der Waals surface area contributed by atoms with Crippen molar-refractivity contribution in [2.24, 2.45) is 0 Å². The van der Waals surface area contributed by atoms with Gasteiger partial charge in [0.15, 0.2) is 11.7 Å². The predicted octanol–water partition coefficient (Wildman–Crippen LogP) is 4.65. The van der Waals surface area contributed by atoms with Gasteiger partial charge in [0.25, 0.3) is 10.0 Å². The summed E-state index contributed by atoms with van der Waals surface area (Å²) in [5, 5.41) is 0.333. The van der Waals surface area contributed by atoms with Crippen molar-refractivity contribution in [1.29, 1.82) is 0 Å². The third-order valence-electron chi connectivity index (χ3n) is 4.21. The van der Waals surface area contributed by atoms with Crippen molar-refractivity contribution in [3.05, 3.63) is 81.8 Å². The highest BCUT2D eigenvalue weighted by atomic mass is 35.5. The molecule has 0 amide bonds. The molecule has 3 rings (SSSR count). The lowest BCUT2D eigenvalue weighted by Gasteiger charge is -2.29. The normalized spacial score (nSPS) is 19.9. The zero-order valence-corrected chi connectivity index (χ0v) is 18.7. The summed E-state index contributed by atoms with van der Waals surface area (Å²) in [5.41, 5.74) is -1.49. The third-order valence-corrected chi connectivity index (χ3v) is 7.57. The van der Waals surface area contributed by atoms with Gasteiger partial charge in [0.05, 0.1) is 16.2 Å². The lowest BCUT2D eigenvalue weighted by Crippen LogP contribution is -2.48. The highest BCUT2D eigenvalue weighted by molar-refractivity contribution is 7.90. The number of hydrogen-bond acceptors (Lipinski definition) is 4. The average molecular weight is 531 g/mol. The summed E-state index contributed by atoms with van der Waals surface area (Å²) in [4.78, 5) is -1.01. The van der Waals surface area contributed by atoms with Crippen LogP contribution >= 0.6 is 23.2 Å². The number of rotatable bonds is 6. The molecule has 0 heterocycles. The summed E-state index contributed by atoms with van der Waals surface area (Å²) in [5.74, 6) is -10.2. The van der Waals surface area contributed by atoms with Crippen LogP contribution < -0.4 is 9.44 Å². The number of allylic oxidation sites excluding steroid dienone is 1. The van der Waals surface area contributed by atoms with Gasteiger partial charge < -0.3 is 0 Å². The fourth-order valence-electron chi connectivity index (χ4n) is 2.66. The summed E-state index contributed by atoms with van der Waals surface area (Å²) < 4.78 is 111. The fraction of sp³-hybridized carbons (Fsp3) is 0.111. The number of nitrogens with one attached hydrogen (secondary N) is 2. The van der Waals surface area contributed by atoms with Gasteiger partial charge in [-0.15, -0.1) is 0 Å². The summed E-state index contributed by atoms with van der Waals surface area (Å²) in [6.45, 7) is 0. The Balaban J connectivity index is 1.92. The second-order valence-electron chi connectivity index (χ2n) is 6.50. The molecule has 1 atom stereocenters. The second kappa shape index (κ2) is 8.67. The number of benzene rings is 2. The molecule has 2 aromatic rings. The zero-order chi connectivity index (χ0) is 23.9. The Morgan fingerprint density at radius 2 is 1.22 bits per heavy atom. The highest BCUT2D eigenvalue weighted by Gasteiger charge is 2.48. The van der Waals surface area contributed by atoms with E-state index in [2.05, 4.69) is 0 Å². The Labute approximate surface area is 190 Å². The molecule has 172 valence electrons. The SMILES string of the molecule is O=S(=O)(NC1=C(F)CC(F)(NS(=O)(=O)c2ccc(Cl)cc2)C(F)=C1F)c1ccc(Cl)cc1. The molecule has 0 aromatic heterocycles. The van der Waals surface area contributed by atoms with Crippen LogP contribution in [0.3, 0.4) is 0 Å². The van der Waals surface area contributed by atoms with Crippen LogP contribution in [0.2, 0.25) is 10.0 Å². The lowest BCUT2D eigenvalue weighted by atomic mass is 10.0.